The van der Waals surface area contributed by atoms with Crippen molar-refractivity contribution < 1.29 is 8.42 Å². The van der Waals surface area contributed by atoms with Gasteiger partial charge in [0.15, 0.2) is 0 Å². The normalized spacial score (nSPS) is 15.8. The van der Waals surface area contributed by atoms with Gasteiger partial charge in [0.1, 0.15) is 10.7 Å². The second-order valence-corrected chi connectivity index (χ2v) is 6.31. The van der Waals surface area contributed by atoms with Gasteiger partial charge in [-0.05, 0) is 0 Å². The first-order valence-electron chi connectivity index (χ1n) is 6.11. The maximum Gasteiger partial charge on any atom is 0.246 e. The maximum atomic E-state index is 12.5. The summed E-state index contributed by atoms with van der Waals surface area (Å²) in [6, 6.07) is 0. The second-order valence-electron chi connectivity index (χ2n) is 4.37. The Morgan fingerprint density at radius 2 is 1.95 bits per heavy atom. The van der Waals surface area contributed by atoms with Crippen LogP contribution in [0.3, 0.4) is 0 Å². The molecule has 2 aromatic rings. The number of sulfonamides is 1. The van der Waals surface area contributed by atoms with Crippen LogP contribution in [0.2, 0.25) is 0 Å². The Bertz CT molecular complexity index is 709. The van der Waals surface area contributed by atoms with E-state index in [0.29, 0.717) is 19.0 Å². The molecule has 0 atom stereocenters. The number of nitrogens with zero attached hydrogens (tertiary/aromatic N) is 5. The highest BCUT2D eigenvalue weighted by molar-refractivity contribution is 7.89. The van der Waals surface area contributed by atoms with E-state index in [1.807, 2.05) is 10.8 Å². The summed E-state index contributed by atoms with van der Waals surface area (Å²) in [7, 11) is -1.91. The number of hydrogen-bond donors (Lipinski definition) is 1. The molecular weight excluding hydrogens is 280 g/mol. The van der Waals surface area contributed by atoms with Crippen LogP contribution in [0, 0.1) is 0 Å². The Morgan fingerprint density at radius 3 is 2.65 bits per heavy atom. The molecule has 0 aromatic carbocycles. The SMILES string of the molecule is CNc1ncc(S(=O)(=O)N2CCn3ccnc3C2)cn1. The van der Waals surface area contributed by atoms with Gasteiger partial charge in [-0.15, -0.1) is 0 Å². The molecule has 0 fully saturated rings. The molecule has 1 N–H and O–H groups in total. The predicted molar refractivity (Wildman–Crippen MR) is 71.4 cm³/mol. The van der Waals surface area contributed by atoms with Crippen LogP contribution in [-0.4, -0.2) is 45.8 Å². The molecule has 0 radical (unpaired) electrons. The van der Waals surface area contributed by atoms with Gasteiger partial charge in [-0.3, -0.25) is 0 Å². The highest BCUT2D eigenvalue weighted by Crippen LogP contribution is 2.20. The number of anilines is 1. The summed E-state index contributed by atoms with van der Waals surface area (Å²) in [6.45, 7) is 1.28. The van der Waals surface area contributed by atoms with Crippen molar-refractivity contribution >= 4 is 16.0 Å². The van der Waals surface area contributed by atoms with Crippen molar-refractivity contribution in [3.8, 4) is 0 Å². The van der Waals surface area contributed by atoms with E-state index in [1.165, 1.54) is 16.7 Å². The lowest BCUT2D eigenvalue weighted by atomic mass is 10.4. The van der Waals surface area contributed by atoms with Gasteiger partial charge < -0.3 is 9.88 Å². The van der Waals surface area contributed by atoms with Gasteiger partial charge >= 0.3 is 0 Å². The number of rotatable bonds is 3. The van der Waals surface area contributed by atoms with Crippen LogP contribution in [0.5, 0.6) is 0 Å². The van der Waals surface area contributed by atoms with Crippen molar-refractivity contribution in [1.82, 2.24) is 23.8 Å². The Kier molecular flexibility index (Phi) is 3.14. The number of fused-ring (bicyclic) bond motifs is 1. The molecule has 20 heavy (non-hydrogen) atoms. The molecule has 8 nitrogen and oxygen atoms in total. The van der Waals surface area contributed by atoms with Gasteiger partial charge in [-0.1, -0.05) is 0 Å². The van der Waals surface area contributed by atoms with E-state index in [0.717, 1.165) is 5.82 Å². The minimum Gasteiger partial charge on any atom is -0.357 e. The van der Waals surface area contributed by atoms with Gasteiger partial charge in [0.25, 0.3) is 0 Å². The molecule has 0 aliphatic carbocycles. The summed E-state index contributed by atoms with van der Waals surface area (Å²) in [6.07, 6.45) is 6.16. The van der Waals surface area contributed by atoms with Crippen molar-refractivity contribution in [2.75, 3.05) is 18.9 Å². The van der Waals surface area contributed by atoms with Crippen LogP contribution in [0.15, 0.2) is 29.7 Å². The standard InChI is InChI=1S/C11H14N6O2S/c1-12-11-14-6-9(7-15-11)20(18,19)17-5-4-16-3-2-13-10(16)8-17/h2-3,6-7H,4-5,8H2,1H3,(H,12,14,15). The number of aromatic nitrogens is 4. The zero-order chi connectivity index (χ0) is 14.2. The van der Waals surface area contributed by atoms with Gasteiger partial charge in [-0.25, -0.2) is 23.4 Å². The lowest BCUT2D eigenvalue weighted by Crippen LogP contribution is -2.38. The fraction of sp³-hybridized carbons (Fsp3) is 0.364. The third-order valence-corrected chi connectivity index (χ3v) is 5.00. The molecule has 0 amide bonds. The number of imidazole rings is 1. The maximum absolute atomic E-state index is 12.5. The first-order chi connectivity index (χ1) is 9.61. The minimum absolute atomic E-state index is 0.0940. The van der Waals surface area contributed by atoms with Gasteiger partial charge in [-0.2, -0.15) is 4.31 Å². The van der Waals surface area contributed by atoms with Crippen LogP contribution >= 0.6 is 0 Å². The summed E-state index contributed by atoms with van der Waals surface area (Å²) in [5.74, 6) is 1.13. The molecule has 9 heteroatoms. The average molecular weight is 294 g/mol. The molecule has 1 aliphatic rings. The highest BCUT2D eigenvalue weighted by atomic mass is 32.2. The van der Waals surface area contributed by atoms with Crippen LogP contribution in [0.25, 0.3) is 0 Å². The summed E-state index contributed by atoms with van der Waals surface area (Å²) >= 11 is 0. The molecule has 0 bridgehead atoms. The zero-order valence-corrected chi connectivity index (χ0v) is 11.7. The number of nitrogens with one attached hydrogen (secondary N) is 1. The molecule has 0 spiro atoms. The fourth-order valence-electron chi connectivity index (χ4n) is 2.08. The summed E-state index contributed by atoms with van der Waals surface area (Å²) in [4.78, 5) is 12.1. The van der Waals surface area contributed by atoms with Crippen molar-refractivity contribution in [1.29, 1.82) is 0 Å². The smallest absolute Gasteiger partial charge is 0.246 e. The third kappa shape index (κ3) is 2.14. The third-order valence-electron chi connectivity index (χ3n) is 3.20. The topological polar surface area (TPSA) is 93.0 Å². The van der Waals surface area contributed by atoms with Crippen LogP contribution < -0.4 is 5.32 Å². The highest BCUT2D eigenvalue weighted by Gasteiger charge is 2.29. The fourth-order valence-corrected chi connectivity index (χ4v) is 3.36. The van der Waals surface area contributed by atoms with Gasteiger partial charge in [0.2, 0.25) is 16.0 Å². The number of hydrogen-bond acceptors (Lipinski definition) is 6. The molecular formula is C11H14N6O2S. The summed E-state index contributed by atoms with van der Waals surface area (Å²) in [5, 5.41) is 2.75. The Labute approximate surface area is 116 Å². The van der Waals surface area contributed by atoms with Gasteiger partial charge in [0, 0.05) is 32.5 Å². The van der Waals surface area contributed by atoms with E-state index < -0.39 is 10.0 Å². The first kappa shape index (κ1) is 13.0. The van der Waals surface area contributed by atoms with Gasteiger partial charge in [0.05, 0.1) is 18.9 Å². The van der Waals surface area contributed by atoms with Crippen molar-refractivity contribution in [2.24, 2.45) is 0 Å². The Balaban J connectivity index is 1.88. The monoisotopic (exact) mass is 294 g/mol. The first-order valence-corrected chi connectivity index (χ1v) is 7.55. The van der Waals surface area contributed by atoms with E-state index >= 15 is 0 Å². The summed E-state index contributed by atoms with van der Waals surface area (Å²) < 4.78 is 28.4. The Morgan fingerprint density at radius 1 is 1.20 bits per heavy atom. The molecule has 0 unspecified atom stereocenters. The molecule has 0 saturated heterocycles. The van der Waals surface area contributed by atoms with E-state index in [-0.39, 0.29) is 11.4 Å². The predicted octanol–water partition coefficient (Wildman–Crippen LogP) is -0.0807. The second kappa shape index (κ2) is 4.84. The van der Waals surface area contributed by atoms with Crippen LogP contribution in [-0.2, 0) is 23.1 Å². The van der Waals surface area contributed by atoms with Crippen molar-refractivity contribution in [2.45, 2.75) is 18.0 Å². The minimum atomic E-state index is -3.58. The molecule has 3 heterocycles. The van der Waals surface area contributed by atoms with E-state index in [1.54, 1.807) is 13.2 Å². The average Bonchev–Trinajstić information content (AvgIpc) is 2.94. The Hall–Kier alpha value is -2.00. The molecule has 106 valence electrons. The molecule has 2 aromatic heterocycles. The molecule has 0 saturated carbocycles. The lowest BCUT2D eigenvalue weighted by molar-refractivity contribution is 0.335. The van der Waals surface area contributed by atoms with E-state index in [9.17, 15) is 8.42 Å². The summed E-state index contributed by atoms with van der Waals surface area (Å²) in [5.41, 5.74) is 0. The molecule has 1 aliphatic heterocycles. The van der Waals surface area contributed by atoms with E-state index in [4.69, 9.17) is 0 Å². The lowest BCUT2D eigenvalue weighted by Gasteiger charge is -2.26. The van der Waals surface area contributed by atoms with Crippen LogP contribution in [0.4, 0.5) is 5.95 Å². The molecule has 3 rings (SSSR count). The zero-order valence-electron chi connectivity index (χ0n) is 10.9. The quantitative estimate of drug-likeness (QED) is 0.851. The van der Waals surface area contributed by atoms with Crippen LogP contribution in [0.1, 0.15) is 5.82 Å². The van der Waals surface area contributed by atoms with Crippen molar-refractivity contribution in [3.63, 3.8) is 0 Å². The largest absolute Gasteiger partial charge is 0.357 e. The van der Waals surface area contributed by atoms with Crippen molar-refractivity contribution in [3.05, 3.63) is 30.6 Å². The van der Waals surface area contributed by atoms with E-state index in [2.05, 4.69) is 20.3 Å².